The summed E-state index contributed by atoms with van der Waals surface area (Å²) in [6.45, 7) is 1.17. The van der Waals surface area contributed by atoms with E-state index in [0.717, 1.165) is 6.07 Å². The van der Waals surface area contributed by atoms with Crippen LogP contribution in [0, 0.1) is 11.6 Å². The van der Waals surface area contributed by atoms with Gasteiger partial charge in [-0.2, -0.15) is 0 Å². The van der Waals surface area contributed by atoms with Gasteiger partial charge >= 0.3 is 0 Å². The van der Waals surface area contributed by atoms with E-state index in [1.165, 1.54) is 20.1 Å². The molecule has 4 N–H and O–H groups in total. The van der Waals surface area contributed by atoms with E-state index in [4.69, 9.17) is 10.5 Å². The van der Waals surface area contributed by atoms with Gasteiger partial charge in [-0.05, 0) is 25.1 Å². The van der Waals surface area contributed by atoms with Gasteiger partial charge in [-0.1, -0.05) is 18.2 Å². The van der Waals surface area contributed by atoms with Crippen LogP contribution in [0.2, 0.25) is 0 Å². The van der Waals surface area contributed by atoms with Gasteiger partial charge < -0.3 is 20.9 Å². The summed E-state index contributed by atoms with van der Waals surface area (Å²) in [7, 11) is 1.52. The SMILES string of the molecule is COc1ccccc1NC(N)=NCC(C)(O)c1ccc(F)cc1F.I. The molecule has 0 saturated heterocycles. The van der Waals surface area contributed by atoms with Crippen molar-refractivity contribution in [2.24, 2.45) is 10.7 Å². The second-order valence-corrected chi connectivity index (χ2v) is 5.42. The molecule has 0 radical (unpaired) electrons. The number of halogens is 3. The zero-order valence-corrected chi connectivity index (χ0v) is 16.1. The van der Waals surface area contributed by atoms with Crippen molar-refractivity contribution in [2.45, 2.75) is 12.5 Å². The van der Waals surface area contributed by atoms with Gasteiger partial charge in [-0.25, -0.2) is 13.8 Å². The molecule has 0 amide bonds. The van der Waals surface area contributed by atoms with Gasteiger partial charge in [0.15, 0.2) is 5.96 Å². The second kappa shape index (κ2) is 8.95. The molecule has 0 fully saturated rings. The number of anilines is 1. The molecule has 136 valence electrons. The first-order valence-electron chi connectivity index (χ1n) is 7.21. The van der Waals surface area contributed by atoms with Crippen LogP contribution >= 0.6 is 24.0 Å². The first-order valence-corrected chi connectivity index (χ1v) is 7.21. The van der Waals surface area contributed by atoms with Crippen LogP contribution in [0.15, 0.2) is 47.5 Å². The summed E-state index contributed by atoms with van der Waals surface area (Å²) in [4.78, 5) is 4.02. The molecule has 0 aromatic heterocycles. The van der Waals surface area contributed by atoms with Crippen molar-refractivity contribution in [3.8, 4) is 5.75 Å². The Labute approximate surface area is 161 Å². The van der Waals surface area contributed by atoms with Gasteiger partial charge in [0.1, 0.15) is 23.0 Å². The molecule has 0 spiro atoms. The number of methoxy groups -OCH3 is 1. The van der Waals surface area contributed by atoms with Crippen LogP contribution in [0.3, 0.4) is 0 Å². The fourth-order valence-electron chi connectivity index (χ4n) is 2.18. The number of aliphatic hydroxyl groups is 1. The molecule has 0 bridgehead atoms. The van der Waals surface area contributed by atoms with Gasteiger partial charge in [0.2, 0.25) is 0 Å². The fourth-order valence-corrected chi connectivity index (χ4v) is 2.18. The summed E-state index contributed by atoms with van der Waals surface area (Å²) in [6.07, 6.45) is 0. The maximum Gasteiger partial charge on any atom is 0.193 e. The van der Waals surface area contributed by atoms with Crippen LogP contribution in [-0.4, -0.2) is 24.7 Å². The Kier molecular flexibility index (Phi) is 7.56. The Morgan fingerprint density at radius 3 is 2.60 bits per heavy atom. The van der Waals surface area contributed by atoms with Crippen molar-refractivity contribution < 1.29 is 18.6 Å². The zero-order chi connectivity index (χ0) is 17.7. The highest BCUT2D eigenvalue weighted by Gasteiger charge is 2.26. The summed E-state index contributed by atoms with van der Waals surface area (Å²) in [5.74, 6) is -0.950. The summed E-state index contributed by atoms with van der Waals surface area (Å²) in [5, 5.41) is 13.2. The maximum absolute atomic E-state index is 13.8. The minimum absolute atomic E-state index is 0. The van der Waals surface area contributed by atoms with E-state index in [1.807, 2.05) is 0 Å². The molecule has 25 heavy (non-hydrogen) atoms. The number of nitrogens with one attached hydrogen (secondary N) is 1. The van der Waals surface area contributed by atoms with Crippen LogP contribution in [0.5, 0.6) is 5.75 Å². The summed E-state index contributed by atoms with van der Waals surface area (Å²) in [5.41, 5.74) is 4.71. The lowest BCUT2D eigenvalue weighted by molar-refractivity contribution is 0.0634. The van der Waals surface area contributed by atoms with E-state index in [-0.39, 0.29) is 42.0 Å². The number of hydrogen-bond donors (Lipinski definition) is 3. The predicted molar refractivity (Wildman–Crippen MR) is 104 cm³/mol. The lowest BCUT2D eigenvalue weighted by atomic mass is 9.95. The highest BCUT2D eigenvalue weighted by molar-refractivity contribution is 14.0. The number of hydrogen-bond acceptors (Lipinski definition) is 3. The van der Waals surface area contributed by atoms with E-state index in [0.29, 0.717) is 17.5 Å². The van der Waals surface area contributed by atoms with Crippen molar-refractivity contribution in [2.75, 3.05) is 19.0 Å². The van der Waals surface area contributed by atoms with Gasteiger partial charge in [-0.15, -0.1) is 24.0 Å². The number of nitrogens with two attached hydrogens (primary N) is 1. The smallest absolute Gasteiger partial charge is 0.193 e. The van der Waals surface area contributed by atoms with Crippen molar-refractivity contribution in [3.63, 3.8) is 0 Å². The third-order valence-corrected chi connectivity index (χ3v) is 3.44. The van der Waals surface area contributed by atoms with Crippen molar-refractivity contribution >= 4 is 35.6 Å². The Hall–Kier alpha value is -1.94. The largest absolute Gasteiger partial charge is 0.495 e. The molecule has 0 aliphatic carbocycles. The molecular weight excluding hydrogens is 443 g/mol. The van der Waals surface area contributed by atoms with E-state index < -0.39 is 17.2 Å². The third-order valence-electron chi connectivity index (χ3n) is 3.44. The predicted octanol–water partition coefficient (Wildman–Crippen LogP) is 3.23. The molecule has 0 heterocycles. The average Bonchev–Trinajstić information content (AvgIpc) is 2.53. The van der Waals surface area contributed by atoms with E-state index in [2.05, 4.69) is 10.3 Å². The summed E-state index contributed by atoms with van der Waals surface area (Å²) >= 11 is 0. The number of rotatable bonds is 5. The third kappa shape index (κ3) is 5.53. The fraction of sp³-hybridized carbons (Fsp3) is 0.235. The maximum atomic E-state index is 13.8. The van der Waals surface area contributed by atoms with Crippen molar-refractivity contribution in [3.05, 3.63) is 59.7 Å². The zero-order valence-electron chi connectivity index (χ0n) is 13.8. The Bertz CT molecular complexity index is 754. The molecular formula is C17H20F2IN3O2. The molecule has 0 aliphatic heterocycles. The molecule has 0 saturated carbocycles. The molecule has 1 atom stereocenters. The molecule has 0 aliphatic rings. The van der Waals surface area contributed by atoms with Gasteiger partial charge in [0.05, 0.1) is 19.3 Å². The number of aliphatic imine (C=N–C) groups is 1. The number of ether oxygens (including phenoxy) is 1. The van der Waals surface area contributed by atoms with Crippen LogP contribution in [0.4, 0.5) is 14.5 Å². The van der Waals surface area contributed by atoms with Crippen LogP contribution in [0.25, 0.3) is 0 Å². The molecule has 8 heteroatoms. The number of guanidine groups is 1. The standard InChI is InChI=1S/C17H19F2N3O2.HI/c1-17(23,12-8-7-11(18)9-13(12)19)10-21-16(20)22-14-5-3-4-6-15(14)24-2;/h3-9,23H,10H2,1-2H3,(H3,20,21,22);1H. The van der Waals surface area contributed by atoms with Gasteiger partial charge in [-0.3, -0.25) is 0 Å². The second-order valence-electron chi connectivity index (χ2n) is 5.42. The first kappa shape index (κ1) is 21.1. The quantitative estimate of drug-likeness (QED) is 0.362. The average molecular weight is 463 g/mol. The van der Waals surface area contributed by atoms with E-state index >= 15 is 0 Å². The number of benzene rings is 2. The lowest BCUT2D eigenvalue weighted by Gasteiger charge is -2.22. The van der Waals surface area contributed by atoms with Crippen molar-refractivity contribution in [1.82, 2.24) is 0 Å². The Morgan fingerprint density at radius 2 is 1.96 bits per heavy atom. The monoisotopic (exact) mass is 463 g/mol. The molecule has 2 aromatic carbocycles. The lowest BCUT2D eigenvalue weighted by Crippen LogP contribution is -2.30. The molecule has 1 unspecified atom stereocenters. The minimum atomic E-state index is -1.63. The number of nitrogens with zero attached hydrogens (tertiary/aromatic N) is 1. The Morgan fingerprint density at radius 1 is 1.28 bits per heavy atom. The summed E-state index contributed by atoms with van der Waals surface area (Å²) < 4.78 is 32.0. The molecule has 2 rings (SSSR count). The highest BCUT2D eigenvalue weighted by Crippen LogP contribution is 2.25. The minimum Gasteiger partial charge on any atom is -0.495 e. The van der Waals surface area contributed by atoms with Crippen LogP contribution < -0.4 is 15.8 Å². The van der Waals surface area contributed by atoms with Crippen LogP contribution in [0.1, 0.15) is 12.5 Å². The molecule has 5 nitrogen and oxygen atoms in total. The normalized spacial score (nSPS) is 13.6. The van der Waals surface area contributed by atoms with Crippen LogP contribution in [-0.2, 0) is 5.60 Å². The number of para-hydroxylation sites is 2. The van der Waals surface area contributed by atoms with E-state index in [9.17, 15) is 13.9 Å². The van der Waals surface area contributed by atoms with Gasteiger partial charge in [0.25, 0.3) is 0 Å². The Balaban J connectivity index is 0.00000312. The first-order chi connectivity index (χ1) is 11.3. The summed E-state index contributed by atoms with van der Waals surface area (Å²) in [6, 6.07) is 10.1. The topological polar surface area (TPSA) is 79.9 Å². The molecule has 2 aromatic rings. The van der Waals surface area contributed by atoms with E-state index in [1.54, 1.807) is 24.3 Å². The van der Waals surface area contributed by atoms with Gasteiger partial charge in [0, 0.05) is 11.6 Å². The van der Waals surface area contributed by atoms with Crippen molar-refractivity contribution in [1.29, 1.82) is 0 Å². The highest BCUT2D eigenvalue weighted by atomic mass is 127.